The monoisotopic (exact) mass is 297 g/mol. The summed E-state index contributed by atoms with van der Waals surface area (Å²) in [6.45, 7) is 4.38. The molecule has 1 fully saturated rings. The van der Waals surface area contributed by atoms with Crippen LogP contribution in [0.4, 0.5) is 5.82 Å². The van der Waals surface area contributed by atoms with Crippen LogP contribution in [0.2, 0.25) is 5.28 Å². The van der Waals surface area contributed by atoms with Crippen LogP contribution in [0.1, 0.15) is 17.7 Å². The number of ether oxygens (including phenoxy) is 1. The Hall–Kier alpha value is -0.910. The largest absolute Gasteiger partial charge is 0.379 e. The first kappa shape index (κ1) is 13.1. The Kier molecular flexibility index (Phi) is 3.86. The topological polar surface area (TPSA) is 47.0 Å². The highest BCUT2D eigenvalue weighted by molar-refractivity contribution is 7.18. The number of nitrogens with zero attached hydrogens (tertiary/aromatic N) is 2. The number of hydrogen-bond acceptors (Lipinski definition) is 5. The quantitative estimate of drug-likeness (QED) is 0.655. The fourth-order valence-electron chi connectivity index (χ4n) is 1.93. The Morgan fingerprint density at radius 2 is 2.32 bits per heavy atom. The molecule has 19 heavy (non-hydrogen) atoms. The third-order valence-corrected chi connectivity index (χ3v) is 4.19. The van der Waals surface area contributed by atoms with E-state index in [0.717, 1.165) is 35.1 Å². The second-order valence-corrected chi connectivity index (χ2v) is 6.44. The van der Waals surface area contributed by atoms with Gasteiger partial charge >= 0.3 is 0 Å². The van der Waals surface area contributed by atoms with Gasteiger partial charge in [-0.25, -0.2) is 9.97 Å². The molecule has 1 aliphatic carbocycles. The summed E-state index contributed by atoms with van der Waals surface area (Å²) in [5.41, 5.74) is 0. The Morgan fingerprint density at radius 1 is 1.47 bits per heavy atom. The number of fused-ring (bicyclic) bond motifs is 1. The van der Waals surface area contributed by atoms with E-state index in [9.17, 15) is 0 Å². The van der Waals surface area contributed by atoms with Crippen molar-refractivity contribution in [1.29, 1.82) is 0 Å². The highest BCUT2D eigenvalue weighted by atomic mass is 35.5. The van der Waals surface area contributed by atoms with E-state index in [1.165, 1.54) is 17.7 Å². The molecule has 6 heteroatoms. The van der Waals surface area contributed by atoms with Crippen LogP contribution in [0, 0.1) is 12.8 Å². The van der Waals surface area contributed by atoms with Crippen LogP contribution < -0.4 is 5.32 Å². The third kappa shape index (κ3) is 3.35. The van der Waals surface area contributed by atoms with Gasteiger partial charge in [-0.2, -0.15) is 0 Å². The lowest BCUT2D eigenvalue weighted by atomic mass is 10.3. The van der Waals surface area contributed by atoms with Crippen molar-refractivity contribution in [2.24, 2.45) is 5.92 Å². The summed E-state index contributed by atoms with van der Waals surface area (Å²) >= 11 is 7.57. The van der Waals surface area contributed by atoms with Gasteiger partial charge in [0, 0.05) is 18.0 Å². The lowest BCUT2D eigenvalue weighted by Crippen LogP contribution is -2.11. The summed E-state index contributed by atoms with van der Waals surface area (Å²) in [5.74, 6) is 1.61. The number of hydrogen-bond donors (Lipinski definition) is 1. The van der Waals surface area contributed by atoms with Crippen LogP contribution in [-0.4, -0.2) is 29.7 Å². The molecule has 2 aromatic heterocycles. The molecule has 1 N–H and O–H groups in total. The first-order valence-electron chi connectivity index (χ1n) is 6.47. The van der Waals surface area contributed by atoms with E-state index < -0.39 is 0 Å². The minimum Gasteiger partial charge on any atom is -0.379 e. The van der Waals surface area contributed by atoms with Crippen molar-refractivity contribution in [3.8, 4) is 0 Å². The molecule has 0 radical (unpaired) electrons. The van der Waals surface area contributed by atoms with E-state index in [2.05, 4.69) is 28.3 Å². The van der Waals surface area contributed by atoms with Gasteiger partial charge in [-0.3, -0.25) is 0 Å². The predicted molar refractivity (Wildman–Crippen MR) is 79.2 cm³/mol. The minimum atomic E-state index is 0.288. The summed E-state index contributed by atoms with van der Waals surface area (Å²) in [4.78, 5) is 10.6. The van der Waals surface area contributed by atoms with Gasteiger partial charge in [0.05, 0.1) is 12.0 Å². The lowest BCUT2D eigenvalue weighted by molar-refractivity contribution is 0.134. The molecule has 0 amide bonds. The van der Waals surface area contributed by atoms with Crippen LogP contribution in [-0.2, 0) is 4.74 Å². The predicted octanol–water partition coefficient (Wildman–Crippen LogP) is 3.49. The van der Waals surface area contributed by atoms with Gasteiger partial charge in [0.1, 0.15) is 10.6 Å². The summed E-state index contributed by atoms with van der Waals surface area (Å²) in [5, 5.41) is 4.61. The van der Waals surface area contributed by atoms with Crippen molar-refractivity contribution in [3.63, 3.8) is 0 Å². The molecule has 4 nitrogen and oxygen atoms in total. The zero-order valence-electron chi connectivity index (χ0n) is 10.8. The highest BCUT2D eigenvalue weighted by Crippen LogP contribution is 2.30. The average Bonchev–Trinajstić information content (AvgIpc) is 3.10. The molecule has 0 aromatic carbocycles. The van der Waals surface area contributed by atoms with Gasteiger partial charge in [-0.15, -0.1) is 11.3 Å². The summed E-state index contributed by atoms with van der Waals surface area (Å²) in [7, 11) is 0. The fourth-order valence-corrected chi connectivity index (χ4v) is 3.03. The molecule has 0 aliphatic heterocycles. The number of nitrogens with one attached hydrogen (secondary N) is 1. The van der Waals surface area contributed by atoms with Crippen molar-refractivity contribution < 1.29 is 4.74 Å². The Morgan fingerprint density at radius 3 is 3.11 bits per heavy atom. The Bertz CT molecular complexity index is 583. The lowest BCUT2D eigenvalue weighted by Gasteiger charge is -2.07. The average molecular weight is 298 g/mol. The summed E-state index contributed by atoms with van der Waals surface area (Å²) in [6, 6.07) is 2.09. The number of halogens is 1. The zero-order valence-corrected chi connectivity index (χ0v) is 12.4. The van der Waals surface area contributed by atoms with Gasteiger partial charge in [-0.1, -0.05) is 0 Å². The van der Waals surface area contributed by atoms with Crippen molar-refractivity contribution in [1.82, 2.24) is 9.97 Å². The summed E-state index contributed by atoms with van der Waals surface area (Å²) in [6.07, 6.45) is 2.65. The maximum absolute atomic E-state index is 5.94. The first-order valence-corrected chi connectivity index (χ1v) is 7.67. The molecule has 0 spiro atoms. The standard InChI is InChI=1S/C13H16ClN3OS/c1-8-6-10-11(16-13(14)17-12(10)19-8)15-4-5-18-7-9-2-3-9/h6,9H,2-5,7H2,1H3,(H,15,16,17). The van der Waals surface area contributed by atoms with Crippen LogP contribution in [0.3, 0.4) is 0 Å². The molecule has 0 saturated heterocycles. The van der Waals surface area contributed by atoms with Crippen LogP contribution in [0.5, 0.6) is 0 Å². The second kappa shape index (κ2) is 5.61. The molecule has 2 heterocycles. The molecule has 3 rings (SSSR count). The zero-order chi connectivity index (χ0) is 13.2. The van der Waals surface area contributed by atoms with Gasteiger partial charge < -0.3 is 10.1 Å². The highest BCUT2D eigenvalue weighted by Gasteiger charge is 2.20. The normalized spacial score (nSPS) is 15.1. The van der Waals surface area contributed by atoms with Crippen molar-refractivity contribution in [2.75, 3.05) is 25.1 Å². The van der Waals surface area contributed by atoms with E-state index >= 15 is 0 Å². The summed E-state index contributed by atoms with van der Waals surface area (Å²) < 4.78 is 5.59. The minimum absolute atomic E-state index is 0.288. The molecule has 0 unspecified atom stereocenters. The van der Waals surface area contributed by atoms with Gasteiger partial charge in [0.2, 0.25) is 5.28 Å². The smallest absolute Gasteiger partial charge is 0.225 e. The maximum Gasteiger partial charge on any atom is 0.225 e. The van der Waals surface area contributed by atoms with Crippen molar-refractivity contribution >= 4 is 39.0 Å². The number of rotatable bonds is 6. The van der Waals surface area contributed by atoms with Crippen molar-refractivity contribution in [2.45, 2.75) is 19.8 Å². The number of aromatic nitrogens is 2. The molecule has 2 aromatic rings. The first-order chi connectivity index (χ1) is 9.22. The number of anilines is 1. The number of thiophene rings is 1. The Balaban J connectivity index is 1.62. The van der Waals surface area contributed by atoms with Crippen LogP contribution in [0.15, 0.2) is 6.07 Å². The fraction of sp³-hybridized carbons (Fsp3) is 0.538. The molecule has 1 saturated carbocycles. The molecule has 0 atom stereocenters. The van der Waals surface area contributed by atoms with Gasteiger partial charge in [0.25, 0.3) is 0 Å². The van der Waals surface area contributed by atoms with Crippen LogP contribution >= 0.6 is 22.9 Å². The van der Waals surface area contributed by atoms with Crippen molar-refractivity contribution in [3.05, 3.63) is 16.2 Å². The molecule has 0 bridgehead atoms. The van der Waals surface area contributed by atoms with E-state index in [0.29, 0.717) is 6.61 Å². The molecular weight excluding hydrogens is 282 g/mol. The molecule has 102 valence electrons. The van der Waals surface area contributed by atoms with E-state index in [1.54, 1.807) is 11.3 Å². The second-order valence-electron chi connectivity index (χ2n) is 4.86. The SMILES string of the molecule is Cc1cc2c(NCCOCC3CC3)nc(Cl)nc2s1. The van der Waals surface area contributed by atoms with Gasteiger partial charge in [0.15, 0.2) is 0 Å². The van der Waals surface area contributed by atoms with E-state index in [4.69, 9.17) is 16.3 Å². The Labute approximate surface area is 121 Å². The van der Waals surface area contributed by atoms with Gasteiger partial charge in [-0.05, 0) is 43.4 Å². The van der Waals surface area contributed by atoms with Crippen LogP contribution in [0.25, 0.3) is 10.2 Å². The maximum atomic E-state index is 5.94. The van der Waals surface area contributed by atoms with E-state index in [-0.39, 0.29) is 5.28 Å². The number of aryl methyl sites for hydroxylation is 1. The third-order valence-electron chi connectivity index (χ3n) is 3.08. The molecule has 1 aliphatic rings. The molecular formula is C13H16ClN3OS. The van der Waals surface area contributed by atoms with E-state index in [1.807, 2.05) is 0 Å².